The van der Waals surface area contributed by atoms with Crippen LogP contribution in [0.3, 0.4) is 0 Å². The second-order valence-electron chi connectivity index (χ2n) is 6.40. The molecule has 0 aliphatic heterocycles. The highest BCUT2D eigenvalue weighted by Crippen LogP contribution is 2.41. The summed E-state index contributed by atoms with van der Waals surface area (Å²) >= 11 is 1.44. The molecule has 1 atom stereocenters. The fourth-order valence-electron chi connectivity index (χ4n) is 2.76. The van der Waals surface area contributed by atoms with Gasteiger partial charge < -0.3 is 5.32 Å². The highest BCUT2D eigenvalue weighted by atomic mass is 32.2. The van der Waals surface area contributed by atoms with Crippen LogP contribution >= 0.6 is 11.8 Å². The quantitative estimate of drug-likeness (QED) is 0.664. The molecule has 26 heavy (non-hydrogen) atoms. The van der Waals surface area contributed by atoms with Crippen molar-refractivity contribution in [1.29, 1.82) is 0 Å². The molecule has 1 fully saturated rings. The van der Waals surface area contributed by atoms with E-state index in [2.05, 4.69) is 20.1 Å². The molecular formula is C20H20N4OS. The Kier molecular flexibility index (Phi) is 4.75. The Morgan fingerprint density at radius 3 is 2.38 bits per heavy atom. The van der Waals surface area contributed by atoms with E-state index in [1.54, 1.807) is 0 Å². The topological polar surface area (TPSA) is 59.8 Å². The maximum Gasteiger partial charge on any atom is 0.237 e. The maximum absolute atomic E-state index is 12.5. The molecule has 0 saturated heterocycles. The number of rotatable bonds is 6. The standard InChI is InChI=1S/C20H20N4OS/c1-14(19(25)21-16-8-4-2-5-9-16)26-20-23-22-18(15-12-13-15)24(20)17-10-6-3-7-11-17/h2-11,14-15H,12-13H2,1H3,(H,21,25). The van der Waals surface area contributed by atoms with E-state index < -0.39 is 0 Å². The van der Waals surface area contributed by atoms with Gasteiger partial charge in [0, 0.05) is 17.3 Å². The zero-order valence-corrected chi connectivity index (χ0v) is 15.3. The number of benzene rings is 2. The van der Waals surface area contributed by atoms with Crippen molar-refractivity contribution in [3.63, 3.8) is 0 Å². The second kappa shape index (κ2) is 7.33. The number of hydrogen-bond acceptors (Lipinski definition) is 4. The van der Waals surface area contributed by atoms with Gasteiger partial charge in [0.1, 0.15) is 5.82 Å². The van der Waals surface area contributed by atoms with Gasteiger partial charge >= 0.3 is 0 Å². The molecule has 1 saturated carbocycles. The molecule has 1 aliphatic rings. The van der Waals surface area contributed by atoms with Crippen molar-refractivity contribution in [2.24, 2.45) is 0 Å². The van der Waals surface area contributed by atoms with Gasteiger partial charge in [-0.2, -0.15) is 0 Å². The molecule has 1 unspecified atom stereocenters. The number of para-hydroxylation sites is 2. The van der Waals surface area contributed by atoms with E-state index in [0.717, 1.165) is 35.2 Å². The van der Waals surface area contributed by atoms with Crippen molar-refractivity contribution < 1.29 is 4.79 Å². The van der Waals surface area contributed by atoms with Crippen LogP contribution in [0.5, 0.6) is 0 Å². The Labute approximate surface area is 156 Å². The molecular weight excluding hydrogens is 344 g/mol. The van der Waals surface area contributed by atoms with Gasteiger partial charge in [0.05, 0.1) is 5.25 Å². The number of carbonyl (C=O) groups is 1. The molecule has 1 heterocycles. The summed E-state index contributed by atoms with van der Waals surface area (Å²) in [6.45, 7) is 1.89. The number of nitrogens with one attached hydrogen (secondary N) is 1. The van der Waals surface area contributed by atoms with E-state index in [1.165, 1.54) is 11.8 Å². The summed E-state index contributed by atoms with van der Waals surface area (Å²) in [7, 11) is 0. The number of nitrogens with zero attached hydrogens (tertiary/aromatic N) is 3. The summed E-state index contributed by atoms with van der Waals surface area (Å²) in [5.41, 5.74) is 1.84. The second-order valence-corrected chi connectivity index (χ2v) is 7.71. The monoisotopic (exact) mass is 364 g/mol. The lowest BCUT2D eigenvalue weighted by Crippen LogP contribution is -2.22. The summed E-state index contributed by atoms with van der Waals surface area (Å²) in [4.78, 5) is 12.5. The summed E-state index contributed by atoms with van der Waals surface area (Å²) in [6, 6.07) is 19.6. The molecule has 1 amide bonds. The van der Waals surface area contributed by atoms with Crippen LogP contribution in [0.15, 0.2) is 65.8 Å². The molecule has 0 bridgehead atoms. The molecule has 2 aromatic carbocycles. The number of anilines is 1. The summed E-state index contributed by atoms with van der Waals surface area (Å²) < 4.78 is 2.09. The van der Waals surface area contributed by atoms with Gasteiger partial charge in [0.25, 0.3) is 0 Å². The van der Waals surface area contributed by atoms with Crippen LogP contribution in [0.25, 0.3) is 5.69 Å². The third kappa shape index (κ3) is 3.65. The van der Waals surface area contributed by atoms with Crippen LogP contribution in [0, 0.1) is 0 Å². The lowest BCUT2D eigenvalue weighted by Gasteiger charge is -2.13. The molecule has 6 heteroatoms. The first-order valence-corrected chi connectivity index (χ1v) is 9.63. The Balaban J connectivity index is 1.55. The third-order valence-corrected chi connectivity index (χ3v) is 5.35. The smallest absolute Gasteiger partial charge is 0.237 e. The average molecular weight is 364 g/mol. The van der Waals surface area contributed by atoms with Crippen molar-refractivity contribution in [1.82, 2.24) is 14.8 Å². The van der Waals surface area contributed by atoms with Gasteiger partial charge in [-0.1, -0.05) is 48.2 Å². The lowest BCUT2D eigenvalue weighted by molar-refractivity contribution is -0.115. The first-order valence-electron chi connectivity index (χ1n) is 8.75. The highest BCUT2D eigenvalue weighted by molar-refractivity contribution is 8.00. The van der Waals surface area contributed by atoms with Gasteiger partial charge in [-0.05, 0) is 44.0 Å². The van der Waals surface area contributed by atoms with Crippen LogP contribution in [0.4, 0.5) is 5.69 Å². The van der Waals surface area contributed by atoms with Crippen molar-refractivity contribution in [2.75, 3.05) is 5.32 Å². The summed E-state index contributed by atoms with van der Waals surface area (Å²) in [5, 5.41) is 12.2. The fraction of sp³-hybridized carbons (Fsp3) is 0.250. The van der Waals surface area contributed by atoms with Crippen LogP contribution < -0.4 is 5.32 Å². The molecule has 1 aromatic heterocycles. The van der Waals surface area contributed by atoms with Gasteiger partial charge in [0.2, 0.25) is 5.91 Å². The maximum atomic E-state index is 12.5. The zero-order valence-electron chi connectivity index (χ0n) is 14.5. The Morgan fingerprint density at radius 2 is 1.73 bits per heavy atom. The lowest BCUT2D eigenvalue weighted by atomic mass is 10.3. The fourth-order valence-corrected chi connectivity index (χ4v) is 3.63. The van der Waals surface area contributed by atoms with Gasteiger partial charge in [-0.25, -0.2) is 0 Å². The van der Waals surface area contributed by atoms with E-state index >= 15 is 0 Å². The largest absolute Gasteiger partial charge is 0.325 e. The van der Waals surface area contributed by atoms with E-state index in [-0.39, 0.29) is 11.2 Å². The number of hydrogen-bond donors (Lipinski definition) is 1. The normalized spacial score (nSPS) is 14.8. The van der Waals surface area contributed by atoms with Crippen LogP contribution in [-0.4, -0.2) is 25.9 Å². The van der Waals surface area contributed by atoms with Gasteiger partial charge in [-0.15, -0.1) is 10.2 Å². The predicted octanol–water partition coefficient (Wildman–Crippen LogP) is 4.26. The molecule has 0 radical (unpaired) electrons. The highest BCUT2D eigenvalue weighted by Gasteiger charge is 2.31. The first kappa shape index (κ1) is 16.8. The van der Waals surface area contributed by atoms with Crippen molar-refractivity contribution in [2.45, 2.75) is 36.1 Å². The minimum absolute atomic E-state index is 0.0446. The predicted molar refractivity (Wildman–Crippen MR) is 104 cm³/mol. The number of thioether (sulfide) groups is 1. The van der Waals surface area contributed by atoms with Gasteiger partial charge in [0.15, 0.2) is 5.16 Å². The van der Waals surface area contributed by atoms with Crippen molar-refractivity contribution in [3.05, 3.63) is 66.5 Å². The summed E-state index contributed by atoms with van der Waals surface area (Å²) in [5.74, 6) is 1.43. The molecule has 5 nitrogen and oxygen atoms in total. The molecule has 1 aliphatic carbocycles. The average Bonchev–Trinajstić information content (AvgIpc) is 3.44. The van der Waals surface area contributed by atoms with E-state index in [1.807, 2.05) is 67.6 Å². The third-order valence-electron chi connectivity index (χ3n) is 4.31. The molecule has 3 aromatic rings. The van der Waals surface area contributed by atoms with Crippen LogP contribution in [0.2, 0.25) is 0 Å². The Hall–Kier alpha value is -2.60. The summed E-state index contributed by atoms with van der Waals surface area (Å²) in [6.07, 6.45) is 2.30. The van der Waals surface area contributed by atoms with E-state index in [4.69, 9.17) is 0 Å². The van der Waals surface area contributed by atoms with Crippen LogP contribution in [0.1, 0.15) is 31.5 Å². The molecule has 1 N–H and O–H groups in total. The zero-order chi connectivity index (χ0) is 17.9. The van der Waals surface area contributed by atoms with Crippen molar-refractivity contribution >= 4 is 23.4 Å². The van der Waals surface area contributed by atoms with E-state index in [0.29, 0.717) is 5.92 Å². The Bertz CT molecular complexity index is 891. The van der Waals surface area contributed by atoms with E-state index in [9.17, 15) is 4.79 Å². The number of carbonyl (C=O) groups excluding carboxylic acids is 1. The SMILES string of the molecule is CC(Sc1nnc(C2CC2)n1-c1ccccc1)C(=O)Nc1ccccc1. The van der Waals surface area contributed by atoms with Crippen molar-refractivity contribution in [3.8, 4) is 5.69 Å². The Morgan fingerprint density at radius 1 is 1.08 bits per heavy atom. The van der Waals surface area contributed by atoms with Crippen LogP contribution in [-0.2, 0) is 4.79 Å². The minimum Gasteiger partial charge on any atom is -0.325 e. The first-order chi connectivity index (χ1) is 12.7. The molecule has 132 valence electrons. The number of aromatic nitrogens is 3. The minimum atomic E-state index is -0.283. The molecule has 0 spiro atoms. The number of amides is 1. The molecule has 4 rings (SSSR count). The van der Waals surface area contributed by atoms with Gasteiger partial charge in [-0.3, -0.25) is 9.36 Å².